The number of rotatable bonds is 10. The van der Waals surface area contributed by atoms with E-state index in [2.05, 4.69) is 70.4 Å². The van der Waals surface area contributed by atoms with Gasteiger partial charge in [-0.25, -0.2) is 10.2 Å². The van der Waals surface area contributed by atoms with E-state index in [9.17, 15) is 5.11 Å². The Balaban J connectivity index is 1.59. The zero-order valence-corrected chi connectivity index (χ0v) is 18.6. The molecule has 0 saturated carbocycles. The van der Waals surface area contributed by atoms with Gasteiger partial charge in [0.25, 0.3) is 0 Å². The van der Waals surface area contributed by atoms with Crippen LogP contribution >= 0.6 is 18.8 Å². The number of hydrogen-bond acceptors (Lipinski definition) is 5. The molecule has 2 unspecified atom stereocenters. The van der Waals surface area contributed by atoms with Gasteiger partial charge in [-0.1, -0.05) is 79.4 Å². The van der Waals surface area contributed by atoms with Gasteiger partial charge in [-0.15, -0.1) is 0 Å². The number of benzene rings is 2. The van der Waals surface area contributed by atoms with Crippen LogP contribution in [0.4, 0.5) is 0 Å². The first kappa shape index (κ1) is 22.0. The highest BCUT2D eigenvalue weighted by molar-refractivity contribution is 7.13. The molecular weight excluding hydrogens is 398 g/mol. The Labute approximate surface area is 177 Å². The van der Waals surface area contributed by atoms with Gasteiger partial charge in [0.2, 0.25) is 0 Å². The highest BCUT2D eigenvalue weighted by Gasteiger charge is 2.21. The van der Waals surface area contributed by atoms with Crippen molar-refractivity contribution in [3.8, 4) is 11.3 Å². The monoisotopic (exact) mass is 426 g/mol. The summed E-state index contributed by atoms with van der Waals surface area (Å²) in [6, 6.07) is 24.4. The standard InChI is InChI=1S/C22H28N4OP2/c27-22(21(24-28)14-17-6-2-1-3-7-17)16-26(25-29)15-18-9-11-19(12-10-18)20-8-4-5-13-23-20/h1-13,21-22,24-25,27H,14-16,28-29H2/t21-,22-/m0/s1. The molecule has 152 valence electrons. The van der Waals surface area contributed by atoms with E-state index in [4.69, 9.17) is 0 Å². The minimum Gasteiger partial charge on any atom is -0.390 e. The van der Waals surface area contributed by atoms with Gasteiger partial charge in [-0.3, -0.25) is 10.1 Å². The molecule has 1 heterocycles. The van der Waals surface area contributed by atoms with Crippen LogP contribution < -0.4 is 10.3 Å². The topological polar surface area (TPSA) is 60.4 Å². The predicted octanol–water partition coefficient (Wildman–Crippen LogP) is 3.20. The third-order valence-electron chi connectivity index (χ3n) is 4.86. The average molecular weight is 426 g/mol. The van der Waals surface area contributed by atoms with Gasteiger partial charge < -0.3 is 5.11 Å². The summed E-state index contributed by atoms with van der Waals surface area (Å²) in [5.74, 6) is 0. The smallest absolute Gasteiger partial charge is 0.0839 e. The Hall–Kier alpha value is -1.71. The third kappa shape index (κ3) is 6.65. The van der Waals surface area contributed by atoms with Crippen LogP contribution in [0.1, 0.15) is 11.1 Å². The van der Waals surface area contributed by atoms with E-state index in [0.717, 1.165) is 23.2 Å². The summed E-state index contributed by atoms with van der Waals surface area (Å²) in [6.07, 6.45) is 2.03. The van der Waals surface area contributed by atoms with Crippen molar-refractivity contribution in [2.45, 2.75) is 25.1 Å². The average Bonchev–Trinajstić information content (AvgIpc) is 2.78. The van der Waals surface area contributed by atoms with Crippen LogP contribution in [-0.2, 0) is 13.0 Å². The van der Waals surface area contributed by atoms with Crippen molar-refractivity contribution in [1.29, 1.82) is 0 Å². The molecule has 5 nitrogen and oxygen atoms in total. The zero-order chi connectivity index (χ0) is 20.5. The van der Waals surface area contributed by atoms with Crippen molar-refractivity contribution >= 4 is 18.8 Å². The summed E-state index contributed by atoms with van der Waals surface area (Å²) in [6.45, 7) is 1.17. The molecule has 0 bridgehead atoms. The minimum absolute atomic E-state index is 0.0604. The molecule has 0 aliphatic carbocycles. The van der Waals surface area contributed by atoms with E-state index < -0.39 is 6.10 Å². The Morgan fingerprint density at radius 1 is 0.897 bits per heavy atom. The maximum atomic E-state index is 10.8. The quantitative estimate of drug-likeness (QED) is 0.343. The molecule has 3 rings (SSSR count). The van der Waals surface area contributed by atoms with Crippen molar-refractivity contribution in [3.05, 3.63) is 90.1 Å². The number of aliphatic hydroxyl groups is 1. The number of aromatic nitrogens is 1. The summed E-state index contributed by atoms with van der Waals surface area (Å²) in [5.41, 5.74) is 4.41. The molecule has 0 amide bonds. The number of nitrogens with zero attached hydrogens (tertiary/aromatic N) is 2. The lowest BCUT2D eigenvalue weighted by atomic mass is 10.0. The SMILES string of the molecule is O[C@@H](CN(Cc1ccc(-c2ccccn2)cc1)NP)[C@H](Cc1ccccc1)NP. The summed E-state index contributed by atoms with van der Waals surface area (Å²) in [7, 11) is 5.05. The maximum Gasteiger partial charge on any atom is 0.0839 e. The first-order chi connectivity index (χ1) is 14.2. The van der Waals surface area contributed by atoms with E-state index in [1.807, 2.05) is 41.4 Å². The van der Waals surface area contributed by atoms with Crippen molar-refractivity contribution in [3.63, 3.8) is 0 Å². The molecule has 2 aromatic carbocycles. The molecule has 0 spiro atoms. The van der Waals surface area contributed by atoms with Gasteiger partial charge in [0.15, 0.2) is 0 Å². The normalized spacial score (nSPS) is 13.4. The molecule has 3 aromatic rings. The number of nitrogens with one attached hydrogen (secondary N) is 2. The van der Waals surface area contributed by atoms with Crippen LogP contribution in [0.2, 0.25) is 0 Å². The fourth-order valence-electron chi connectivity index (χ4n) is 3.22. The van der Waals surface area contributed by atoms with Gasteiger partial charge in [0, 0.05) is 30.9 Å². The first-order valence-electron chi connectivity index (χ1n) is 9.59. The summed E-state index contributed by atoms with van der Waals surface area (Å²) in [4.78, 5) is 4.39. The second kappa shape index (κ2) is 11.5. The van der Waals surface area contributed by atoms with E-state index in [1.54, 1.807) is 6.20 Å². The molecule has 1 aromatic heterocycles. The highest BCUT2D eigenvalue weighted by Crippen LogP contribution is 2.18. The van der Waals surface area contributed by atoms with Crippen LogP contribution in [-0.4, -0.2) is 33.8 Å². The molecule has 0 aliphatic heterocycles. The number of pyridine rings is 1. The first-order valence-corrected chi connectivity index (χ1v) is 10.7. The van der Waals surface area contributed by atoms with Crippen LogP contribution in [0.5, 0.6) is 0 Å². The van der Waals surface area contributed by atoms with Crippen molar-refractivity contribution in [2.24, 2.45) is 0 Å². The second-order valence-electron chi connectivity index (χ2n) is 6.95. The lowest BCUT2D eigenvalue weighted by Gasteiger charge is -2.29. The highest BCUT2D eigenvalue weighted by atomic mass is 31.0. The summed E-state index contributed by atoms with van der Waals surface area (Å²) >= 11 is 0. The van der Waals surface area contributed by atoms with Crippen LogP contribution in [0.3, 0.4) is 0 Å². The molecule has 0 fully saturated rings. The Kier molecular flexibility index (Phi) is 8.69. The van der Waals surface area contributed by atoms with Gasteiger partial charge in [0.05, 0.1) is 11.8 Å². The van der Waals surface area contributed by atoms with Crippen LogP contribution in [0, 0.1) is 0 Å². The molecular formula is C22H28N4OP2. The number of aliphatic hydroxyl groups excluding tert-OH is 1. The van der Waals surface area contributed by atoms with E-state index in [0.29, 0.717) is 13.1 Å². The minimum atomic E-state index is -0.534. The van der Waals surface area contributed by atoms with E-state index in [1.165, 1.54) is 5.56 Å². The maximum absolute atomic E-state index is 10.8. The predicted molar refractivity (Wildman–Crippen MR) is 126 cm³/mol. The lowest BCUT2D eigenvalue weighted by Crippen LogP contribution is -2.46. The second-order valence-corrected chi connectivity index (χ2v) is 7.54. The molecule has 7 heteroatoms. The van der Waals surface area contributed by atoms with Gasteiger partial charge in [0.1, 0.15) is 0 Å². The molecule has 0 aliphatic rings. The summed E-state index contributed by atoms with van der Waals surface area (Å²) < 4.78 is 0. The molecule has 0 radical (unpaired) electrons. The van der Waals surface area contributed by atoms with E-state index >= 15 is 0 Å². The molecule has 4 atom stereocenters. The van der Waals surface area contributed by atoms with Gasteiger partial charge >= 0.3 is 0 Å². The number of hydrogen-bond donors (Lipinski definition) is 3. The fourth-order valence-corrected chi connectivity index (χ4v) is 3.76. The molecule has 3 N–H and O–H groups in total. The molecule has 0 saturated heterocycles. The third-order valence-corrected chi connectivity index (χ3v) is 5.65. The van der Waals surface area contributed by atoms with Gasteiger partial charge in [-0.2, -0.15) is 0 Å². The largest absolute Gasteiger partial charge is 0.390 e. The van der Waals surface area contributed by atoms with Crippen LogP contribution in [0.25, 0.3) is 11.3 Å². The van der Waals surface area contributed by atoms with Crippen molar-refractivity contribution in [1.82, 2.24) is 20.3 Å². The van der Waals surface area contributed by atoms with Crippen molar-refractivity contribution in [2.75, 3.05) is 6.54 Å². The zero-order valence-electron chi connectivity index (χ0n) is 16.3. The number of hydrazine groups is 1. The van der Waals surface area contributed by atoms with Crippen LogP contribution in [0.15, 0.2) is 79.0 Å². The van der Waals surface area contributed by atoms with E-state index in [-0.39, 0.29) is 6.04 Å². The van der Waals surface area contributed by atoms with Gasteiger partial charge in [-0.05, 0) is 29.7 Å². The summed E-state index contributed by atoms with van der Waals surface area (Å²) in [5, 5.41) is 19.0. The Morgan fingerprint density at radius 2 is 1.62 bits per heavy atom. The lowest BCUT2D eigenvalue weighted by molar-refractivity contribution is 0.0750. The molecule has 29 heavy (non-hydrogen) atoms. The van der Waals surface area contributed by atoms with Crippen molar-refractivity contribution < 1.29 is 5.11 Å². The fraction of sp³-hybridized carbons (Fsp3) is 0.227. The Morgan fingerprint density at radius 3 is 2.24 bits per heavy atom. The Bertz CT molecular complexity index is 850.